The summed E-state index contributed by atoms with van der Waals surface area (Å²) in [5.74, 6) is 0.850. The summed E-state index contributed by atoms with van der Waals surface area (Å²) in [6.07, 6.45) is 4.13. The van der Waals surface area contributed by atoms with E-state index in [1.54, 1.807) is 11.8 Å². The molecular weight excluding hydrogens is 220 g/mol. The van der Waals surface area contributed by atoms with Gasteiger partial charge in [0, 0.05) is 23.4 Å². The molecule has 0 saturated carbocycles. The molecule has 2 aromatic heterocycles. The highest BCUT2D eigenvalue weighted by Crippen LogP contribution is 2.17. The van der Waals surface area contributed by atoms with Gasteiger partial charge in [-0.1, -0.05) is 13.0 Å². The van der Waals surface area contributed by atoms with Crippen molar-refractivity contribution < 1.29 is 5.11 Å². The summed E-state index contributed by atoms with van der Waals surface area (Å²) in [5.41, 5.74) is 3.28. The van der Waals surface area contributed by atoms with Gasteiger partial charge in [0.05, 0.1) is 12.3 Å². The van der Waals surface area contributed by atoms with Gasteiger partial charge in [0.1, 0.15) is 5.65 Å². The van der Waals surface area contributed by atoms with Crippen LogP contribution in [0, 0.1) is 6.92 Å². The first kappa shape index (κ1) is 11.5. The molecule has 0 amide bonds. The summed E-state index contributed by atoms with van der Waals surface area (Å²) >= 11 is 1.72. The highest BCUT2D eigenvalue weighted by Gasteiger charge is 2.05. The van der Waals surface area contributed by atoms with Crippen LogP contribution in [0.25, 0.3) is 5.65 Å². The van der Waals surface area contributed by atoms with E-state index in [9.17, 15) is 0 Å². The van der Waals surface area contributed by atoms with Crippen LogP contribution in [0.2, 0.25) is 0 Å². The van der Waals surface area contributed by atoms with Crippen LogP contribution in [0.4, 0.5) is 0 Å². The maximum Gasteiger partial charge on any atom is 0.137 e. The van der Waals surface area contributed by atoms with Crippen LogP contribution in [0.15, 0.2) is 24.5 Å². The third-order valence-electron chi connectivity index (χ3n) is 2.42. The van der Waals surface area contributed by atoms with E-state index < -0.39 is 0 Å². The lowest BCUT2D eigenvalue weighted by molar-refractivity contribution is 0.300. The van der Waals surface area contributed by atoms with Gasteiger partial charge >= 0.3 is 0 Å². The molecule has 0 radical (unpaired) electrons. The molecule has 0 aliphatic carbocycles. The monoisotopic (exact) mass is 236 g/mol. The van der Waals surface area contributed by atoms with E-state index in [2.05, 4.69) is 34.8 Å². The minimum atomic E-state index is 0.219. The second-order valence-corrected chi connectivity index (χ2v) is 5.44. The number of pyridine rings is 1. The van der Waals surface area contributed by atoms with Gasteiger partial charge in [-0.2, -0.15) is 0 Å². The van der Waals surface area contributed by atoms with Crippen LogP contribution in [-0.2, 0) is 5.75 Å². The van der Waals surface area contributed by atoms with Gasteiger partial charge in [-0.25, -0.2) is 4.98 Å². The van der Waals surface area contributed by atoms with Crippen molar-refractivity contribution in [1.29, 1.82) is 0 Å². The first-order valence-electron chi connectivity index (χ1n) is 5.36. The number of aryl methyl sites for hydroxylation is 1. The first-order valence-corrected chi connectivity index (χ1v) is 6.40. The molecule has 0 aliphatic heterocycles. The zero-order valence-electron chi connectivity index (χ0n) is 9.55. The second kappa shape index (κ2) is 4.89. The number of thioether (sulfide) groups is 1. The average Bonchev–Trinajstić information content (AvgIpc) is 2.67. The molecule has 0 aliphatic rings. The zero-order valence-corrected chi connectivity index (χ0v) is 10.4. The fourth-order valence-electron chi connectivity index (χ4n) is 1.51. The summed E-state index contributed by atoms with van der Waals surface area (Å²) in [4.78, 5) is 4.52. The predicted molar refractivity (Wildman–Crippen MR) is 67.8 cm³/mol. The SMILES string of the molecule is Cc1ccc2nc(CSC(C)CO)cn2c1. The first-order chi connectivity index (χ1) is 7.69. The summed E-state index contributed by atoms with van der Waals surface area (Å²) in [6, 6.07) is 4.09. The van der Waals surface area contributed by atoms with Crippen molar-refractivity contribution in [3.63, 3.8) is 0 Å². The predicted octanol–water partition coefficient (Wildman–Crippen LogP) is 2.26. The van der Waals surface area contributed by atoms with Gasteiger partial charge in [-0.05, 0) is 18.6 Å². The molecule has 0 spiro atoms. The number of imidazole rings is 1. The minimum absolute atomic E-state index is 0.219. The lowest BCUT2D eigenvalue weighted by atomic mass is 10.3. The minimum Gasteiger partial charge on any atom is -0.395 e. The maximum atomic E-state index is 8.94. The van der Waals surface area contributed by atoms with E-state index in [0.29, 0.717) is 0 Å². The lowest BCUT2D eigenvalue weighted by Crippen LogP contribution is -2.02. The number of aliphatic hydroxyl groups is 1. The number of nitrogens with zero attached hydrogens (tertiary/aromatic N) is 2. The molecule has 0 aromatic carbocycles. The van der Waals surface area contributed by atoms with E-state index in [1.807, 2.05) is 13.0 Å². The number of aliphatic hydroxyl groups excluding tert-OH is 1. The molecule has 0 bridgehead atoms. The Morgan fingerprint density at radius 1 is 1.44 bits per heavy atom. The van der Waals surface area contributed by atoms with Gasteiger partial charge in [0.2, 0.25) is 0 Å². The quantitative estimate of drug-likeness (QED) is 0.884. The molecule has 1 atom stereocenters. The van der Waals surface area contributed by atoms with Gasteiger partial charge in [0.25, 0.3) is 0 Å². The summed E-state index contributed by atoms with van der Waals surface area (Å²) in [6.45, 7) is 4.31. The van der Waals surface area contributed by atoms with Crippen LogP contribution in [0.5, 0.6) is 0 Å². The molecule has 16 heavy (non-hydrogen) atoms. The fourth-order valence-corrected chi connectivity index (χ4v) is 2.21. The average molecular weight is 236 g/mol. The molecule has 86 valence electrons. The van der Waals surface area contributed by atoms with Gasteiger partial charge in [-0.3, -0.25) is 0 Å². The van der Waals surface area contributed by atoms with E-state index in [0.717, 1.165) is 17.1 Å². The number of fused-ring (bicyclic) bond motifs is 1. The Hall–Kier alpha value is -1.00. The zero-order chi connectivity index (χ0) is 11.5. The Kier molecular flexibility index (Phi) is 3.51. The third-order valence-corrected chi connectivity index (χ3v) is 3.60. The van der Waals surface area contributed by atoms with Crippen molar-refractivity contribution >= 4 is 17.4 Å². The Labute approximate surface area is 99.5 Å². The standard InChI is InChI=1S/C12H16N2OS/c1-9-3-4-12-13-11(6-14(12)5-9)8-16-10(2)7-15/h3-6,10,15H,7-8H2,1-2H3. The van der Waals surface area contributed by atoms with Crippen LogP contribution < -0.4 is 0 Å². The van der Waals surface area contributed by atoms with Crippen molar-refractivity contribution in [3.8, 4) is 0 Å². The van der Waals surface area contributed by atoms with Gasteiger partial charge in [-0.15, -0.1) is 11.8 Å². The Balaban J connectivity index is 2.13. The van der Waals surface area contributed by atoms with Crippen LogP contribution in [0.3, 0.4) is 0 Å². The number of aromatic nitrogens is 2. The van der Waals surface area contributed by atoms with Crippen LogP contribution >= 0.6 is 11.8 Å². The number of hydrogen-bond acceptors (Lipinski definition) is 3. The number of hydrogen-bond donors (Lipinski definition) is 1. The summed E-state index contributed by atoms with van der Waals surface area (Å²) < 4.78 is 2.05. The van der Waals surface area contributed by atoms with Crippen molar-refractivity contribution in [3.05, 3.63) is 35.8 Å². The smallest absolute Gasteiger partial charge is 0.137 e. The molecule has 3 nitrogen and oxygen atoms in total. The van der Waals surface area contributed by atoms with E-state index in [-0.39, 0.29) is 11.9 Å². The molecule has 0 fully saturated rings. The molecule has 2 rings (SSSR count). The van der Waals surface area contributed by atoms with E-state index in [1.165, 1.54) is 5.56 Å². The Bertz CT molecular complexity index is 481. The Morgan fingerprint density at radius 3 is 3.00 bits per heavy atom. The molecule has 1 N–H and O–H groups in total. The molecule has 2 heterocycles. The van der Waals surface area contributed by atoms with Gasteiger partial charge in [0.15, 0.2) is 0 Å². The summed E-state index contributed by atoms with van der Waals surface area (Å²) in [5, 5.41) is 9.21. The largest absolute Gasteiger partial charge is 0.395 e. The Morgan fingerprint density at radius 2 is 2.25 bits per heavy atom. The number of rotatable bonds is 4. The molecular formula is C12H16N2OS. The van der Waals surface area contributed by atoms with E-state index >= 15 is 0 Å². The normalized spacial score (nSPS) is 13.2. The second-order valence-electron chi connectivity index (χ2n) is 4.01. The molecule has 2 aromatic rings. The molecule has 4 heteroatoms. The van der Waals surface area contributed by atoms with Crippen molar-refractivity contribution in [1.82, 2.24) is 9.38 Å². The highest BCUT2D eigenvalue weighted by molar-refractivity contribution is 7.99. The summed E-state index contributed by atoms with van der Waals surface area (Å²) in [7, 11) is 0. The topological polar surface area (TPSA) is 37.5 Å². The highest BCUT2D eigenvalue weighted by atomic mass is 32.2. The molecule has 1 unspecified atom stereocenters. The van der Waals surface area contributed by atoms with Crippen LogP contribution in [0.1, 0.15) is 18.2 Å². The fraction of sp³-hybridized carbons (Fsp3) is 0.417. The maximum absolute atomic E-state index is 8.94. The van der Waals surface area contributed by atoms with Crippen LogP contribution in [-0.4, -0.2) is 26.3 Å². The van der Waals surface area contributed by atoms with Crippen molar-refractivity contribution in [2.75, 3.05) is 6.61 Å². The van der Waals surface area contributed by atoms with Crippen molar-refractivity contribution in [2.24, 2.45) is 0 Å². The van der Waals surface area contributed by atoms with Gasteiger partial charge < -0.3 is 9.51 Å². The third kappa shape index (κ3) is 2.57. The van der Waals surface area contributed by atoms with E-state index in [4.69, 9.17) is 5.11 Å². The lowest BCUT2D eigenvalue weighted by Gasteiger charge is -2.04. The van der Waals surface area contributed by atoms with Crippen molar-refractivity contribution in [2.45, 2.75) is 24.9 Å². The molecule has 0 saturated heterocycles.